The minimum atomic E-state index is -0.821. The molecule has 2 rings (SSSR count). The smallest absolute Gasteiger partial charge is 0.407 e. The van der Waals surface area contributed by atoms with Gasteiger partial charge < -0.3 is 14.7 Å². The van der Waals surface area contributed by atoms with Crippen molar-refractivity contribution in [3.8, 4) is 5.75 Å². The third kappa shape index (κ3) is 3.98. The third-order valence-electron chi connectivity index (χ3n) is 3.56. The van der Waals surface area contributed by atoms with E-state index in [1.54, 1.807) is 7.11 Å². The van der Waals surface area contributed by atoms with Gasteiger partial charge in [0.25, 0.3) is 0 Å². The second-order valence-corrected chi connectivity index (χ2v) is 4.94. The maximum absolute atomic E-state index is 10.8. The molecular weight excluding hydrogens is 256 g/mol. The standard InChI is InChI=1S/C15H20N2O3/c1-20-14-4-2-12(3-5-14)10-16-11-13-6-8-17(9-7-13)15(18)19/h2-5,11,13H,6-10H2,1H3,(H,18,19)/b16-11+. The van der Waals surface area contributed by atoms with Gasteiger partial charge in [-0.2, -0.15) is 0 Å². The molecule has 1 saturated heterocycles. The molecule has 20 heavy (non-hydrogen) atoms. The number of methoxy groups -OCH3 is 1. The number of hydrogen-bond donors (Lipinski definition) is 1. The molecule has 1 fully saturated rings. The van der Waals surface area contributed by atoms with E-state index in [1.807, 2.05) is 30.5 Å². The van der Waals surface area contributed by atoms with Crippen molar-refractivity contribution < 1.29 is 14.6 Å². The number of hydrogen-bond acceptors (Lipinski definition) is 3. The van der Waals surface area contributed by atoms with Gasteiger partial charge in [-0.1, -0.05) is 12.1 Å². The van der Waals surface area contributed by atoms with Gasteiger partial charge in [0.05, 0.1) is 13.7 Å². The summed E-state index contributed by atoms with van der Waals surface area (Å²) in [5.41, 5.74) is 1.14. The highest BCUT2D eigenvalue weighted by Crippen LogP contribution is 2.16. The van der Waals surface area contributed by atoms with Crippen molar-refractivity contribution in [3.05, 3.63) is 29.8 Å². The molecule has 0 unspecified atom stereocenters. The van der Waals surface area contributed by atoms with E-state index in [4.69, 9.17) is 9.84 Å². The largest absolute Gasteiger partial charge is 0.497 e. The van der Waals surface area contributed by atoms with Crippen molar-refractivity contribution in [3.63, 3.8) is 0 Å². The predicted molar refractivity (Wildman–Crippen MR) is 77.5 cm³/mol. The highest BCUT2D eigenvalue weighted by atomic mass is 16.5. The first-order valence-corrected chi connectivity index (χ1v) is 6.80. The first kappa shape index (κ1) is 14.4. The summed E-state index contributed by atoms with van der Waals surface area (Å²) in [6, 6.07) is 7.86. The summed E-state index contributed by atoms with van der Waals surface area (Å²) in [6.07, 6.45) is 2.87. The van der Waals surface area contributed by atoms with Gasteiger partial charge in [-0.25, -0.2) is 4.79 Å². The van der Waals surface area contributed by atoms with Crippen molar-refractivity contribution in [2.45, 2.75) is 19.4 Å². The molecule has 0 saturated carbocycles. The Morgan fingerprint density at radius 2 is 2.05 bits per heavy atom. The van der Waals surface area contributed by atoms with Gasteiger partial charge >= 0.3 is 6.09 Å². The van der Waals surface area contributed by atoms with Crippen LogP contribution in [-0.2, 0) is 6.54 Å². The van der Waals surface area contributed by atoms with Crippen LogP contribution in [0, 0.1) is 5.92 Å². The average Bonchev–Trinajstić information content (AvgIpc) is 2.48. The minimum absolute atomic E-state index is 0.392. The zero-order valence-corrected chi connectivity index (χ0v) is 11.7. The molecule has 0 aliphatic carbocycles. The lowest BCUT2D eigenvalue weighted by Gasteiger charge is -2.27. The van der Waals surface area contributed by atoms with E-state index in [2.05, 4.69) is 4.99 Å². The van der Waals surface area contributed by atoms with E-state index in [1.165, 1.54) is 4.90 Å². The Hall–Kier alpha value is -2.04. The molecule has 0 radical (unpaired) electrons. The van der Waals surface area contributed by atoms with Crippen molar-refractivity contribution >= 4 is 12.3 Å². The fourth-order valence-corrected chi connectivity index (χ4v) is 2.28. The number of ether oxygens (including phenoxy) is 1. The third-order valence-corrected chi connectivity index (χ3v) is 3.56. The second-order valence-electron chi connectivity index (χ2n) is 4.94. The summed E-state index contributed by atoms with van der Waals surface area (Å²) >= 11 is 0. The molecule has 5 nitrogen and oxygen atoms in total. The fraction of sp³-hybridized carbons (Fsp3) is 0.467. The van der Waals surface area contributed by atoms with Crippen molar-refractivity contribution in [1.29, 1.82) is 0 Å². The Balaban J connectivity index is 1.77. The first-order valence-electron chi connectivity index (χ1n) is 6.80. The second kappa shape index (κ2) is 6.93. The highest BCUT2D eigenvalue weighted by Gasteiger charge is 2.20. The molecule has 0 spiro atoms. The van der Waals surface area contributed by atoms with Crippen molar-refractivity contribution in [2.75, 3.05) is 20.2 Å². The quantitative estimate of drug-likeness (QED) is 0.860. The number of benzene rings is 1. The van der Waals surface area contributed by atoms with Gasteiger partial charge in [0, 0.05) is 19.3 Å². The normalized spacial score (nSPS) is 16.6. The molecule has 0 aromatic heterocycles. The van der Waals surface area contributed by atoms with Gasteiger partial charge in [0.15, 0.2) is 0 Å². The molecule has 1 aliphatic rings. The molecule has 1 heterocycles. The fourth-order valence-electron chi connectivity index (χ4n) is 2.28. The molecule has 5 heteroatoms. The molecule has 1 aromatic rings. The number of carbonyl (C=O) groups is 1. The molecule has 1 N–H and O–H groups in total. The molecular formula is C15H20N2O3. The summed E-state index contributed by atoms with van der Waals surface area (Å²) in [6.45, 7) is 1.87. The van der Waals surface area contributed by atoms with Crippen molar-refractivity contribution in [1.82, 2.24) is 4.90 Å². The number of piperidine rings is 1. The number of rotatable bonds is 4. The summed E-state index contributed by atoms with van der Waals surface area (Å²) in [4.78, 5) is 16.7. The van der Waals surface area contributed by atoms with Crippen LogP contribution >= 0.6 is 0 Å². The zero-order chi connectivity index (χ0) is 14.4. The zero-order valence-electron chi connectivity index (χ0n) is 11.7. The van der Waals surface area contributed by atoms with E-state index >= 15 is 0 Å². The van der Waals surface area contributed by atoms with Crippen LogP contribution in [-0.4, -0.2) is 42.5 Å². The van der Waals surface area contributed by atoms with Crippen LogP contribution in [0.3, 0.4) is 0 Å². The lowest BCUT2D eigenvalue weighted by Crippen LogP contribution is -2.37. The van der Waals surface area contributed by atoms with Crippen LogP contribution in [0.5, 0.6) is 5.75 Å². The van der Waals surface area contributed by atoms with E-state index in [9.17, 15) is 4.79 Å². The monoisotopic (exact) mass is 276 g/mol. The Morgan fingerprint density at radius 3 is 2.60 bits per heavy atom. The SMILES string of the molecule is COc1ccc(C/N=C/C2CCN(C(=O)O)CC2)cc1. The lowest BCUT2D eigenvalue weighted by molar-refractivity contribution is 0.131. The molecule has 1 aromatic carbocycles. The Morgan fingerprint density at radius 1 is 1.40 bits per heavy atom. The van der Waals surface area contributed by atoms with E-state index in [0.717, 1.165) is 24.2 Å². The summed E-state index contributed by atoms with van der Waals surface area (Å²) < 4.78 is 5.11. The minimum Gasteiger partial charge on any atom is -0.497 e. The van der Waals surface area contributed by atoms with Gasteiger partial charge in [0.1, 0.15) is 5.75 Å². The average molecular weight is 276 g/mol. The van der Waals surface area contributed by atoms with Gasteiger partial charge in [-0.05, 0) is 36.5 Å². The molecule has 108 valence electrons. The van der Waals surface area contributed by atoms with E-state index in [-0.39, 0.29) is 0 Å². The van der Waals surface area contributed by atoms with Gasteiger partial charge in [-0.15, -0.1) is 0 Å². The molecule has 0 atom stereocenters. The van der Waals surface area contributed by atoms with Gasteiger partial charge in [-0.3, -0.25) is 4.99 Å². The molecule has 0 bridgehead atoms. The van der Waals surface area contributed by atoms with E-state index < -0.39 is 6.09 Å². The van der Waals surface area contributed by atoms with Crippen LogP contribution in [0.15, 0.2) is 29.3 Å². The predicted octanol–water partition coefficient (Wildman–Crippen LogP) is 2.66. The molecule has 1 amide bonds. The summed E-state index contributed by atoms with van der Waals surface area (Å²) in [5, 5.41) is 8.87. The molecule has 1 aliphatic heterocycles. The van der Waals surface area contributed by atoms with Gasteiger partial charge in [0.2, 0.25) is 0 Å². The Bertz CT molecular complexity index is 463. The number of aliphatic imine (C=N–C) groups is 1. The summed E-state index contributed by atoms with van der Waals surface area (Å²) in [5.74, 6) is 1.24. The van der Waals surface area contributed by atoms with Crippen LogP contribution in [0.1, 0.15) is 18.4 Å². The van der Waals surface area contributed by atoms with Crippen molar-refractivity contribution in [2.24, 2.45) is 10.9 Å². The maximum Gasteiger partial charge on any atom is 0.407 e. The Labute approximate surface area is 118 Å². The first-order chi connectivity index (χ1) is 9.69. The van der Waals surface area contributed by atoms with Crippen LogP contribution < -0.4 is 4.74 Å². The van der Waals surface area contributed by atoms with Crippen LogP contribution in [0.25, 0.3) is 0 Å². The number of carboxylic acid groups (broad SMARTS) is 1. The number of amides is 1. The number of likely N-dealkylation sites (tertiary alicyclic amines) is 1. The lowest BCUT2D eigenvalue weighted by atomic mass is 9.98. The Kier molecular flexibility index (Phi) is 4.98. The summed E-state index contributed by atoms with van der Waals surface area (Å²) in [7, 11) is 1.65. The topological polar surface area (TPSA) is 62.1 Å². The van der Waals surface area contributed by atoms with E-state index in [0.29, 0.717) is 25.6 Å². The maximum atomic E-state index is 10.8. The van der Waals surface area contributed by atoms with Crippen LogP contribution in [0.2, 0.25) is 0 Å². The number of nitrogens with zero attached hydrogens (tertiary/aromatic N) is 2. The highest BCUT2D eigenvalue weighted by molar-refractivity contribution is 5.66. The van der Waals surface area contributed by atoms with Crippen LogP contribution in [0.4, 0.5) is 4.79 Å².